The summed E-state index contributed by atoms with van der Waals surface area (Å²) in [5.74, 6) is -2.54. The monoisotopic (exact) mass is 663 g/mol. The van der Waals surface area contributed by atoms with Crippen molar-refractivity contribution in [2.24, 2.45) is 0 Å². The molecule has 2 amide bonds. The lowest BCUT2D eigenvalue weighted by Crippen LogP contribution is -2.55. The maximum absolute atomic E-state index is 14.6. The summed E-state index contributed by atoms with van der Waals surface area (Å²) in [5, 5.41) is 21.4. The van der Waals surface area contributed by atoms with E-state index in [9.17, 15) is 28.7 Å². The molecule has 14 heteroatoms. The van der Waals surface area contributed by atoms with Gasteiger partial charge in [0.2, 0.25) is 0 Å². The van der Waals surface area contributed by atoms with E-state index in [0.717, 1.165) is 26.9 Å². The predicted octanol–water partition coefficient (Wildman–Crippen LogP) is 5.30. The van der Waals surface area contributed by atoms with Crippen LogP contribution in [0.4, 0.5) is 29.9 Å². The largest absolute Gasteiger partial charge is 0.465 e. The molecule has 1 aromatic heterocycles. The second-order valence-electron chi connectivity index (χ2n) is 13.5. The maximum atomic E-state index is 14.6. The van der Waals surface area contributed by atoms with Crippen molar-refractivity contribution in [2.75, 3.05) is 49.1 Å². The van der Waals surface area contributed by atoms with Crippen molar-refractivity contribution in [1.82, 2.24) is 19.8 Å². The number of aromatic nitrogens is 2. The molecule has 0 saturated carbocycles. The Morgan fingerprint density at radius 3 is 2.56 bits per heavy atom. The Kier molecular flexibility index (Phi) is 8.89. The Labute approximate surface area is 277 Å². The van der Waals surface area contributed by atoms with Crippen LogP contribution in [-0.4, -0.2) is 100.0 Å². The van der Waals surface area contributed by atoms with Gasteiger partial charge >= 0.3 is 18.2 Å². The SMILES string of the molecule is CC(C)(C)OC(=O)N1CC(F)(F)CC1COc1nc2c(c(N3CCN(C(=O)O)C(CC#N)C3)n1)CCN(c1cccc3ccccc13)C2. The Hall–Kier alpha value is -4.93. The molecule has 6 rings (SSSR count). The molecule has 2 aromatic carbocycles. The summed E-state index contributed by atoms with van der Waals surface area (Å²) >= 11 is 0. The van der Waals surface area contributed by atoms with Gasteiger partial charge in [-0.05, 0) is 38.6 Å². The van der Waals surface area contributed by atoms with Crippen LogP contribution in [0.3, 0.4) is 0 Å². The highest BCUT2D eigenvalue weighted by molar-refractivity contribution is 5.94. The summed E-state index contributed by atoms with van der Waals surface area (Å²) in [5.41, 5.74) is 1.78. The number of piperazine rings is 1. The van der Waals surface area contributed by atoms with Crippen LogP contribution in [0.2, 0.25) is 0 Å². The number of amides is 2. The molecule has 2 atom stereocenters. The summed E-state index contributed by atoms with van der Waals surface area (Å²) in [6.45, 7) is 5.84. The molecule has 3 aromatic rings. The quantitative estimate of drug-likeness (QED) is 0.370. The normalized spacial score (nSPS) is 20.8. The van der Waals surface area contributed by atoms with Gasteiger partial charge in [0, 0.05) is 49.2 Å². The molecule has 48 heavy (non-hydrogen) atoms. The molecule has 4 heterocycles. The summed E-state index contributed by atoms with van der Waals surface area (Å²) in [7, 11) is 0. The van der Waals surface area contributed by atoms with Gasteiger partial charge in [-0.1, -0.05) is 36.4 Å². The van der Waals surface area contributed by atoms with E-state index in [1.807, 2.05) is 23.1 Å². The number of hydrogen-bond donors (Lipinski definition) is 1. The summed E-state index contributed by atoms with van der Waals surface area (Å²) in [4.78, 5) is 40.7. The number of hydrogen-bond acceptors (Lipinski definition) is 9. The fourth-order valence-electron chi connectivity index (χ4n) is 6.74. The van der Waals surface area contributed by atoms with E-state index in [1.165, 1.54) is 4.90 Å². The Morgan fingerprint density at radius 2 is 1.81 bits per heavy atom. The number of alkyl halides is 2. The highest BCUT2D eigenvalue weighted by Gasteiger charge is 2.48. The number of carbonyl (C=O) groups excluding carboxylic acids is 1. The molecule has 12 nitrogen and oxygen atoms in total. The van der Waals surface area contributed by atoms with E-state index >= 15 is 0 Å². The summed E-state index contributed by atoms with van der Waals surface area (Å²) < 4.78 is 40.6. The molecule has 3 aliphatic heterocycles. The van der Waals surface area contributed by atoms with Gasteiger partial charge in [-0.15, -0.1) is 0 Å². The first-order valence-corrected chi connectivity index (χ1v) is 16.1. The minimum Gasteiger partial charge on any atom is -0.465 e. The third-order valence-corrected chi connectivity index (χ3v) is 8.89. The van der Waals surface area contributed by atoms with E-state index in [-0.39, 0.29) is 32.1 Å². The van der Waals surface area contributed by atoms with Crippen molar-refractivity contribution in [1.29, 1.82) is 5.26 Å². The van der Waals surface area contributed by atoms with Crippen molar-refractivity contribution in [3.8, 4) is 12.1 Å². The first-order valence-electron chi connectivity index (χ1n) is 16.1. The number of carboxylic acid groups (broad SMARTS) is 1. The Morgan fingerprint density at radius 1 is 1.04 bits per heavy atom. The molecule has 254 valence electrons. The average molecular weight is 664 g/mol. The summed E-state index contributed by atoms with van der Waals surface area (Å²) in [6, 6.07) is 14.8. The Bertz CT molecular complexity index is 1740. The number of nitrogens with zero attached hydrogens (tertiary/aromatic N) is 7. The minimum atomic E-state index is -3.11. The highest BCUT2D eigenvalue weighted by atomic mass is 19.3. The molecule has 2 unspecified atom stereocenters. The van der Waals surface area contributed by atoms with Crippen molar-refractivity contribution in [2.45, 2.75) is 70.2 Å². The van der Waals surface area contributed by atoms with Crippen molar-refractivity contribution in [3.05, 3.63) is 53.7 Å². The molecular formula is C34H39F2N7O5. The smallest absolute Gasteiger partial charge is 0.410 e. The van der Waals surface area contributed by atoms with Crippen LogP contribution in [0.1, 0.15) is 44.9 Å². The van der Waals surface area contributed by atoms with Crippen LogP contribution < -0.4 is 14.5 Å². The standard InChI is InChI=1S/C34H39F2N7O5/c1-33(2,3)48-32(46)43-21-34(35,36)17-24(43)20-47-30-38-27-19-40(28-10-6-8-22-7-4-5-9-25(22)28)14-12-26(27)29(39-30)41-15-16-42(31(44)45)23(18-41)11-13-37/h4-10,23-24H,11-12,14-21H2,1-3H3,(H,44,45). The topological polar surface area (TPSA) is 135 Å². The predicted molar refractivity (Wildman–Crippen MR) is 173 cm³/mol. The van der Waals surface area contributed by atoms with Crippen molar-refractivity contribution < 1.29 is 33.0 Å². The molecule has 2 saturated heterocycles. The molecule has 0 bridgehead atoms. The van der Waals surface area contributed by atoms with E-state index in [2.05, 4.69) is 35.2 Å². The first-order chi connectivity index (χ1) is 22.8. The molecule has 2 fully saturated rings. The lowest BCUT2D eigenvalue weighted by molar-refractivity contribution is -0.00277. The maximum Gasteiger partial charge on any atom is 0.410 e. The van der Waals surface area contributed by atoms with Crippen molar-refractivity contribution in [3.63, 3.8) is 0 Å². The molecule has 0 spiro atoms. The van der Waals surface area contributed by atoms with Gasteiger partial charge in [0.05, 0.1) is 43.4 Å². The van der Waals surface area contributed by atoms with Gasteiger partial charge in [-0.3, -0.25) is 4.90 Å². The molecule has 3 aliphatic rings. The van der Waals surface area contributed by atoms with Gasteiger partial charge in [0.25, 0.3) is 5.92 Å². The molecule has 0 radical (unpaired) electrons. The molecule has 1 N–H and O–H groups in total. The van der Waals surface area contributed by atoms with E-state index < -0.39 is 48.8 Å². The van der Waals surface area contributed by atoms with Crippen LogP contribution >= 0.6 is 0 Å². The van der Waals surface area contributed by atoms with Gasteiger partial charge in [0.1, 0.15) is 18.0 Å². The number of rotatable bonds is 6. The zero-order chi connectivity index (χ0) is 34.2. The van der Waals surface area contributed by atoms with E-state index in [0.29, 0.717) is 37.6 Å². The van der Waals surface area contributed by atoms with Gasteiger partial charge in [0.15, 0.2) is 0 Å². The molecular weight excluding hydrogens is 624 g/mol. The van der Waals surface area contributed by atoms with Gasteiger partial charge in [-0.2, -0.15) is 15.2 Å². The van der Waals surface area contributed by atoms with Crippen molar-refractivity contribution >= 4 is 34.5 Å². The minimum absolute atomic E-state index is 0.0185. The zero-order valence-corrected chi connectivity index (χ0v) is 27.2. The number of carbonyl (C=O) groups is 2. The lowest BCUT2D eigenvalue weighted by Gasteiger charge is -2.41. The zero-order valence-electron chi connectivity index (χ0n) is 27.2. The Balaban J connectivity index is 1.31. The van der Waals surface area contributed by atoms with Crippen LogP contribution in [0.25, 0.3) is 10.8 Å². The number of anilines is 2. The summed E-state index contributed by atoms with van der Waals surface area (Å²) in [6.07, 6.45) is -1.91. The van der Waals surface area contributed by atoms with Gasteiger partial charge < -0.3 is 29.3 Å². The van der Waals surface area contributed by atoms with Crippen LogP contribution in [-0.2, 0) is 17.7 Å². The number of fused-ring (bicyclic) bond motifs is 2. The first kappa shape index (κ1) is 33.0. The van der Waals surface area contributed by atoms with Gasteiger partial charge in [-0.25, -0.2) is 18.4 Å². The fourth-order valence-corrected chi connectivity index (χ4v) is 6.74. The van der Waals surface area contributed by atoms with E-state index in [4.69, 9.17) is 19.4 Å². The third kappa shape index (κ3) is 7.00. The number of nitriles is 1. The van der Waals surface area contributed by atoms with Crippen LogP contribution in [0.15, 0.2) is 42.5 Å². The van der Waals surface area contributed by atoms with Crippen LogP contribution in [0.5, 0.6) is 6.01 Å². The second kappa shape index (κ2) is 12.9. The fraction of sp³-hybridized carbons (Fsp3) is 0.500. The average Bonchev–Trinajstić information content (AvgIpc) is 3.36. The molecule has 0 aliphatic carbocycles. The number of halogens is 2. The van der Waals surface area contributed by atoms with E-state index in [1.54, 1.807) is 20.8 Å². The number of likely N-dealkylation sites (tertiary alicyclic amines) is 1. The highest BCUT2D eigenvalue weighted by Crippen LogP contribution is 2.36. The lowest BCUT2D eigenvalue weighted by atomic mass is 10.0. The number of benzene rings is 2. The third-order valence-electron chi connectivity index (χ3n) is 8.89. The van der Waals surface area contributed by atoms with Crippen LogP contribution in [0, 0.1) is 11.3 Å². The number of ether oxygens (including phenoxy) is 2. The second-order valence-corrected chi connectivity index (χ2v) is 13.5.